The summed E-state index contributed by atoms with van der Waals surface area (Å²) in [4.78, 5) is 10.9. The summed E-state index contributed by atoms with van der Waals surface area (Å²) in [6.07, 6.45) is 3.59. The molecular weight excluding hydrogens is 318 g/mol. The van der Waals surface area contributed by atoms with E-state index in [2.05, 4.69) is 25.1 Å². The molecule has 0 radical (unpaired) electrons. The summed E-state index contributed by atoms with van der Waals surface area (Å²) in [6, 6.07) is 5.80. The number of ether oxygens (including phenoxy) is 1. The first-order chi connectivity index (χ1) is 10.9. The molecule has 1 atom stereocenters. The van der Waals surface area contributed by atoms with Crippen LogP contribution in [0, 0.1) is 0 Å². The summed E-state index contributed by atoms with van der Waals surface area (Å²) < 4.78 is 5.82. The van der Waals surface area contributed by atoms with Gasteiger partial charge in [0.1, 0.15) is 16.8 Å². The Morgan fingerprint density at radius 1 is 1.18 bits per heavy atom. The number of rotatable bonds is 3. The van der Waals surface area contributed by atoms with E-state index in [9.17, 15) is 0 Å². The van der Waals surface area contributed by atoms with Crippen molar-refractivity contribution in [2.24, 2.45) is 0 Å². The van der Waals surface area contributed by atoms with Gasteiger partial charge < -0.3 is 9.64 Å². The lowest BCUT2D eigenvalue weighted by atomic mass is 10.3. The number of hydrogen-bond acceptors (Lipinski definition) is 8. The van der Waals surface area contributed by atoms with Gasteiger partial charge >= 0.3 is 0 Å². The third-order valence-electron chi connectivity index (χ3n) is 3.36. The van der Waals surface area contributed by atoms with Crippen LogP contribution in [0.5, 0.6) is 0 Å². The molecule has 0 saturated carbocycles. The van der Waals surface area contributed by atoms with Crippen molar-refractivity contribution in [3.8, 4) is 10.7 Å². The minimum atomic E-state index is 0.0101. The molecule has 1 fully saturated rings. The molecule has 3 aromatic rings. The highest BCUT2D eigenvalue weighted by Gasteiger charge is 2.26. The van der Waals surface area contributed by atoms with Crippen LogP contribution in [0.25, 0.3) is 10.7 Å². The van der Waals surface area contributed by atoms with Gasteiger partial charge in [-0.2, -0.15) is 0 Å². The monoisotopic (exact) mass is 331 g/mol. The lowest BCUT2D eigenvalue weighted by molar-refractivity contribution is 0.0396. The molecule has 0 spiro atoms. The third kappa shape index (κ3) is 2.72. The molecule has 8 heteroatoms. The zero-order valence-corrected chi connectivity index (χ0v) is 13.3. The summed E-state index contributed by atoms with van der Waals surface area (Å²) in [6.45, 7) is 2.24. The topological polar surface area (TPSA) is 64.0 Å². The number of pyridine rings is 1. The molecule has 4 rings (SSSR count). The van der Waals surface area contributed by atoms with E-state index in [0.717, 1.165) is 33.9 Å². The lowest BCUT2D eigenvalue weighted by Gasteiger charge is -2.31. The smallest absolute Gasteiger partial charge is 0.208 e. The van der Waals surface area contributed by atoms with E-state index in [1.807, 2.05) is 29.8 Å². The van der Waals surface area contributed by atoms with Gasteiger partial charge in [-0.05, 0) is 12.1 Å². The number of morpholine rings is 1. The van der Waals surface area contributed by atoms with Gasteiger partial charge in [0, 0.05) is 24.3 Å². The van der Waals surface area contributed by atoms with E-state index in [4.69, 9.17) is 4.74 Å². The Morgan fingerprint density at radius 3 is 3.00 bits per heavy atom. The normalized spacial score (nSPS) is 18.5. The Bertz CT molecular complexity index is 731. The van der Waals surface area contributed by atoms with Crippen LogP contribution in [0.15, 0.2) is 36.0 Å². The van der Waals surface area contributed by atoms with Crippen molar-refractivity contribution < 1.29 is 4.74 Å². The van der Waals surface area contributed by atoms with Crippen LogP contribution in [0.3, 0.4) is 0 Å². The molecular formula is C14H13N5OS2. The first-order valence-electron chi connectivity index (χ1n) is 6.91. The van der Waals surface area contributed by atoms with E-state index < -0.39 is 0 Å². The van der Waals surface area contributed by atoms with E-state index in [1.165, 1.54) is 0 Å². The number of anilines is 1. The van der Waals surface area contributed by atoms with Crippen LogP contribution in [0.1, 0.15) is 11.1 Å². The summed E-state index contributed by atoms with van der Waals surface area (Å²) >= 11 is 3.18. The highest BCUT2D eigenvalue weighted by molar-refractivity contribution is 7.18. The minimum Gasteiger partial charge on any atom is -0.367 e. The maximum atomic E-state index is 5.82. The average Bonchev–Trinajstić information content (AvgIpc) is 3.28. The predicted molar refractivity (Wildman–Crippen MR) is 86.2 cm³/mol. The van der Waals surface area contributed by atoms with Gasteiger partial charge in [-0.25, -0.2) is 4.98 Å². The molecule has 0 N–H and O–H groups in total. The van der Waals surface area contributed by atoms with Crippen molar-refractivity contribution in [3.63, 3.8) is 0 Å². The van der Waals surface area contributed by atoms with Crippen molar-refractivity contribution in [3.05, 3.63) is 41.0 Å². The quantitative estimate of drug-likeness (QED) is 0.735. The zero-order chi connectivity index (χ0) is 14.8. The van der Waals surface area contributed by atoms with Crippen molar-refractivity contribution in [1.82, 2.24) is 20.2 Å². The Kier molecular flexibility index (Phi) is 3.79. The number of aromatic nitrogens is 4. The average molecular weight is 331 g/mol. The number of hydrogen-bond donors (Lipinski definition) is 0. The van der Waals surface area contributed by atoms with Crippen LogP contribution in [-0.2, 0) is 4.74 Å². The molecule has 0 aromatic carbocycles. The van der Waals surface area contributed by atoms with Crippen molar-refractivity contribution >= 4 is 27.8 Å². The Balaban J connectivity index is 1.53. The Hall–Kier alpha value is -1.90. The van der Waals surface area contributed by atoms with Crippen LogP contribution < -0.4 is 4.90 Å². The number of nitrogens with zero attached hydrogens (tertiary/aromatic N) is 5. The molecule has 1 aliphatic rings. The van der Waals surface area contributed by atoms with E-state index in [1.54, 1.807) is 28.9 Å². The second-order valence-corrected chi connectivity index (χ2v) is 6.66. The fraction of sp³-hybridized carbons (Fsp3) is 0.286. The molecule has 22 heavy (non-hydrogen) atoms. The summed E-state index contributed by atoms with van der Waals surface area (Å²) in [5.74, 6) is 0. The largest absolute Gasteiger partial charge is 0.367 e. The predicted octanol–water partition coefficient (Wildman–Crippen LogP) is 2.63. The van der Waals surface area contributed by atoms with Gasteiger partial charge in [0.05, 0.1) is 13.2 Å². The molecule has 1 aliphatic heterocycles. The second kappa shape index (κ2) is 6.07. The number of thiazole rings is 1. The summed E-state index contributed by atoms with van der Waals surface area (Å²) in [5.41, 5.74) is 0.857. The minimum absolute atomic E-state index is 0.0101. The molecule has 6 nitrogen and oxygen atoms in total. The van der Waals surface area contributed by atoms with Gasteiger partial charge in [0.15, 0.2) is 5.01 Å². The fourth-order valence-electron chi connectivity index (χ4n) is 2.30. The third-order valence-corrected chi connectivity index (χ3v) is 5.24. The Labute approximate surface area is 135 Å². The highest BCUT2D eigenvalue weighted by Crippen LogP contribution is 2.31. The van der Waals surface area contributed by atoms with Crippen LogP contribution in [0.2, 0.25) is 0 Å². The van der Waals surface area contributed by atoms with Gasteiger partial charge in [-0.15, -0.1) is 21.5 Å². The molecule has 0 amide bonds. The molecule has 112 valence electrons. The maximum Gasteiger partial charge on any atom is 0.208 e. The van der Waals surface area contributed by atoms with Gasteiger partial charge in [-0.3, -0.25) is 4.98 Å². The highest BCUT2D eigenvalue weighted by atomic mass is 32.1. The van der Waals surface area contributed by atoms with Gasteiger partial charge in [0.25, 0.3) is 0 Å². The first kappa shape index (κ1) is 13.7. The van der Waals surface area contributed by atoms with Gasteiger partial charge in [-0.1, -0.05) is 17.4 Å². The van der Waals surface area contributed by atoms with Gasteiger partial charge in [0.2, 0.25) is 5.13 Å². The molecule has 1 unspecified atom stereocenters. The van der Waals surface area contributed by atoms with E-state index >= 15 is 0 Å². The van der Waals surface area contributed by atoms with Crippen molar-refractivity contribution in [2.75, 3.05) is 24.6 Å². The van der Waals surface area contributed by atoms with Crippen LogP contribution in [0.4, 0.5) is 5.13 Å². The molecule has 3 aromatic heterocycles. The molecule has 4 heterocycles. The standard InChI is InChI=1S/C14H13N5OS2/c1-2-4-15-10(3-1)12-17-18-14(22-12)19-6-7-20-11(9-19)13-16-5-8-21-13/h1-5,8,11H,6-7,9H2. The lowest BCUT2D eigenvalue weighted by Crippen LogP contribution is -2.38. The molecule has 0 bridgehead atoms. The maximum absolute atomic E-state index is 5.82. The second-order valence-electron chi connectivity index (χ2n) is 4.78. The molecule has 1 saturated heterocycles. The van der Waals surface area contributed by atoms with E-state index in [0.29, 0.717) is 6.61 Å². The summed E-state index contributed by atoms with van der Waals surface area (Å²) in [7, 11) is 0. The van der Waals surface area contributed by atoms with Crippen molar-refractivity contribution in [1.29, 1.82) is 0 Å². The summed E-state index contributed by atoms with van der Waals surface area (Å²) in [5, 5.41) is 13.3. The first-order valence-corrected chi connectivity index (χ1v) is 8.60. The van der Waals surface area contributed by atoms with E-state index in [-0.39, 0.29) is 6.10 Å². The van der Waals surface area contributed by atoms with Crippen molar-refractivity contribution in [2.45, 2.75) is 6.10 Å². The fourth-order valence-corrected chi connectivity index (χ4v) is 3.84. The van der Waals surface area contributed by atoms with Crippen LogP contribution >= 0.6 is 22.7 Å². The van der Waals surface area contributed by atoms with Crippen LogP contribution in [-0.4, -0.2) is 39.9 Å². The molecule has 0 aliphatic carbocycles. The SMILES string of the molecule is c1ccc(-c2nnc(N3CCOC(c4nccs4)C3)s2)nc1. The zero-order valence-electron chi connectivity index (χ0n) is 11.6. The Morgan fingerprint density at radius 2 is 2.18 bits per heavy atom.